The highest BCUT2D eigenvalue weighted by molar-refractivity contribution is 5.80. The van der Waals surface area contributed by atoms with Crippen LogP contribution in [0.2, 0.25) is 0 Å². The molecule has 1 aliphatic heterocycles. The maximum Gasteiger partial charge on any atom is 0.320 e. The number of benzene rings is 1. The molecule has 0 saturated heterocycles. The highest BCUT2D eigenvalue weighted by Crippen LogP contribution is 2.37. The zero-order valence-electron chi connectivity index (χ0n) is 11.6. The highest BCUT2D eigenvalue weighted by atomic mass is 16.7. The van der Waals surface area contributed by atoms with Crippen molar-refractivity contribution in [1.82, 2.24) is 15.3 Å². The number of nitrogens with one attached hydrogen (secondary N) is 2. The number of aromatic nitrogens is 2. The number of ether oxygens (including phenoxy) is 4. The first kappa shape index (κ1) is 13.5. The summed E-state index contributed by atoms with van der Waals surface area (Å²) in [7, 11) is 1.54. The van der Waals surface area contributed by atoms with E-state index >= 15 is 0 Å². The SMILES string of the molecule is CCOC(=O)CNC1Oc2cc3nc(OC)[nH]c3cc2O1. The topological polar surface area (TPSA) is 94.7 Å². The van der Waals surface area contributed by atoms with Gasteiger partial charge in [0.05, 0.1) is 24.8 Å². The number of aromatic amines is 1. The van der Waals surface area contributed by atoms with Crippen molar-refractivity contribution in [3.63, 3.8) is 0 Å². The van der Waals surface area contributed by atoms with Crippen LogP contribution >= 0.6 is 0 Å². The molecule has 0 saturated carbocycles. The third kappa shape index (κ3) is 2.70. The van der Waals surface area contributed by atoms with E-state index in [0.717, 1.165) is 5.52 Å². The van der Waals surface area contributed by atoms with Gasteiger partial charge in [-0.15, -0.1) is 0 Å². The minimum absolute atomic E-state index is 0.0104. The third-order valence-electron chi connectivity index (χ3n) is 2.91. The van der Waals surface area contributed by atoms with Gasteiger partial charge in [-0.2, -0.15) is 4.98 Å². The predicted molar refractivity (Wildman–Crippen MR) is 72.3 cm³/mol. The van der Waals surface area contributed by atoms with E-state index in [2.05, 4.69) is 15.3 Å². The predicted octanol–water partition coefficient (Wildman–Crippen LogP) is 0.779. The molecule has 0 aliphatic carbocycles. The van der Waals surface area contributed by atoms with Gasteiger partial charge >= 0.3 is 12.4 Å². The van der Waals surface area contributed by atoms with Crippen LogP contribution in [0.25, 0.3) is 11.0 Å². The number of nitrogens with zero attached hydrogens (tertiary/aromatic N) is 1. The van der Waals surface area contributed by atoms with Crippen LogP contribution in [0.1, 0.15) is 6.92 Å². The summed E-state index contributed by atoms with van der Waals surface area (Å²) in [4.78, 5) is 18.5. The molecule has 8 heteroatoms. The van der Waals surface area contributed by atoms with Crippen molar-refractivity contribution in [1.29, 1.82) is 0 Å². The Hall–Kier alpha value is -2.48. The van der Waals surface area contributed by atoms with E-state index in [1.165, 1.54) is 7.11 Å². The number of esters is 1. The van der Waals surface area contributed by atoms with Crippen molar-refractivity contribution in [3.8, 4) is 17.5 Å². The molecule has 8 nitrogen and oxygen atoms in total. The van der Waals surface area contributed by atoms with Crippen LogP contribution in [0.4, 0.5) is 0 Å². The van der Waals surface area contributed by atoms with Crippen LogP contribution in [0, 0.1) is 0 Å². The number of methoxy groups -OCH3 is 1. The summed E-state index contributed by atoms with van der Waals surface area (Å²) >= 11 is 0. The van der Waals surface area contributed by atoms with Gasteiger partial charge in [-0.25, -0.2) is 5.32 Å². The molecule has 1 aromatic carbocycles. The van der Waals surface area contributed by atoms with Gasteiger partial charge in [0.2, 0.25) is 0 Å². The molecule has 0 spiro atoms. The van der Waals surface area contributed by atoms with Gasteiger partial charge in [-0.05, 0) is 6.92 Å². The number of carbonyl (C=O) groups excluding carboxylic acids is 1. The molecular formula is C13H15N3O5. The molecule has 1 atom stereocenters. The Morgan fingerprint density at radius 1 is 1.43 bits per heavy atom. The second kappa shape index (κ2) is 5.49. The second-order valence-corrected chi connectivity index (χ2v) is 4.32. The molecule has 2 aromatic rings. The van der Waals surface area contributed by atoms with Gasteiger partial charge in [0.25, 0.3) is 6.01 Å². The summed E-state index contributed by atoms with van der Waals surface area (Å²) in [5, 5.41) is 2.81. The first-order chi connectivity index (χ1) is 10.2. The number of fused-ring (bicyclic) bond motifs is 2. The molecule has 2 N–H and O–H groups in total. The number of H-pyrrole nitrogens is 1. The summed E-state index contributed by atoms with van der Waals surface area (Å²) in [6.45, 7) is 2.10. The lowest BCUT2D eigenvalue weighted by atomic mass is 10.3. The summed E-state index contributed by atoms with van der Waals surface area (Å²) in [6, 6.07) is 3.94. The molecule has 21 heavy (non-hydrogen) atoms. The van der Waals surface area contributed by atoms with E-state index in [0.29, 0.717) is 29.6 Å². The van der Waals surface area contributed by atoms with Crippen molar-refractivity contribution in [2.75, 3.05) is 20.3 Å². The number of carbonyl (C=O) groups is 1. The van der Waals surface area contributed by atoms with Gasteiger partial charge in [-0.3, -0.25) is 4.79 Å². The average molecular weight is 293 g/mol. The molecular weight excluding hydrogens is 278 g/mol. The van der Waals surface area contributed by atoms with Crippen LogP contribution in [0.15, 0.2) is 12.1 Å². The Bertz CT molecular complexity index is 626. The Morgan fingerprint density at radius 2 is 2.19 bits per heavy atom. The molecule has 0 bridgehead atoms. The zero-order chi connectivity index (χ0) is 14.8. The molecule has 2 heterocycles. The van der Waals surface area contributed by atoms with Crippen LogP contribution in [-0.2, 0) is 9.53 Å². The molecule has 1 aromatic heterocycles. The first-order valence-corrected chi connectivity index (χ1v) is 6.49. The highest BCUT2D eigenvalue weighted by Gasteiger charge is 2.26. The Balaban J connectivity index is 1.68. The average Bonchev–Trinajstić information content (AvgIpc) is 3.04. The monoisotopic (exact) mass is 293 g/mol. The lowest BCUT2D eigenvalue weighted by Crippen LogP contribution is -2.40. The number of hydrogen-bond donors (Lipinski definition) is 2. The van der Waals surface area contributed by atoms with Gasteiger partial charge in [0.1, 0.15) is 6.54 Å². The first-order valence-electron chi connectivity index (χ1n) is 6.49. The molecule has 1 unspecified atom stereocenters. The normalized spacial score (nSPS) is 13.6. The molecule has 3 rings (SSSR count). The Kier molecular flexibility index (Phi) is 3.53. The summed E-state index contributed by atoms with van der Waals surface area (Å²) in [5.74, 6) is 0.757. The lowest BCUT2D eigenvalue weighted by Gasteiger charge is -2.11. The van der Waals surface area contributed by atoms with E-state index in [-0.39, 0.29) is 12.5 Å². The smallest absolute Gasteiger partial charge is 0.320 e. The van der Waals surface area contributed by atoms with Crippen molar-refractivity contribution in [2.45, 2.75) is 13.3 Å². The van der Waals surface area contributed by atoms with E-state index in [1.807, 2.05) is 0 Å². The van der Waals surface area contributed by atoms with E-state index in [1.54, 1.807) is 19.1 Å². The van der Waals surface area contributed by atoms with Gasteiger partial charge < -0.3 is 23.9 Å². The van der Waals surface area contributed by atoms with E-state index in [9.17, 15) is 4.79 Å². The van der Waals surface area contributed by atoms with Crippen LogP contribution < -0.4 is 19.5 Å². The standard InChI is InChI=1S/C13H15N3O5/c1-3-19-11(17)6-14-13-20-9-4-7-8(5-10(9)21-13)16-12(15-7)18-2/h4-5,13-14H,3,6H2,1-2H3,(H,15,16). The lowest BCUT2D eigenvalue weighted by molar-refractivity contribution is -0.143. The third-order valence-corrected chi connectivity index (χ3v) is 2.91. The molecule has 1 aliphatic rings. The van der Waals surface area contributed by atoms with Crippen molar-refractivity contribution in [2.24, 2.45) is 0 Å². The van der Waals surface area contributed by atoms with E-state index < -0.39 is 6.41 Å². The summed E-state index contributed by atoms with van der Waals surface area (Å²) < 4.78 is 20.9. The number of hydrogen-bond acceptors (Lipinski definition) is 7. The fourth-order valence-electron chi connectivity index (χ4n) is 1.99. The van der Waals surface area contributed by atoms with Gasteiger partial charge in [-0.1, -0.05) is 0 Å². The van der Waals surface area contributed by atoms with Crippen LogP contribution in [0.5, 0.6) is 17.5 Å². The molecule has 0 radical (unpaired) electrons. The number of rotatable bonds is 5. The van der Waals surface area contributed by atoms with Crippen molar-refractivity contribution < 1.29 is 23.7 Å². The fraction of sp³-hybridized carbons (Fsp3) is 0.385. The summed E-state index contributed by atoms with van der Waals surface area (Å²) in [6.07, 6.45) is -0.724. The second-order valence-electron chi connectivity index (χ2n) is 4.32. The van der Waals surface area contributed by atoms with Crippen LogP contribution in [-0.4, -0.2) is 42.6 Å². The largest absolute Gasteiger partial charge is 0.468 e. The molecule has 112 valence electrons. The summed E-state index contributed by atoms with van der Waals surface area (Å²) in [5.41, 5.74) is 1.49. The maximum atomic E-state index is 11.3. The molecule has 0 amide bonds. The van der Waals surface area contributed by atoms with Crippen molar-refractivity contribution in [3.05, 3.63) is 12.1 Å². The fourth-order valence-corrected chi connectivity index (χ4v) is 1.99. The molecule has 0 fully saturated rings. The van der Waals surface area contributed by atoms with Gasteiger partial charge in [0.15, 0.2) is 11.5 Å². The van der Waals surface area contributed by atoms with E-state index in [4.69, 9.17) is 18.9 Å². The Morgan fingerprint density at radius 3 is 2.90 bits per heavy atom. The van der Waals surface area contributed by atoms with Crippen LogP contribution in [0.3, 0.4) is 0 Å². The zero-order valence-corrected chi connectivity index (χ0v) is 11.6. The van der Waals surface area contributed by atoms with Crippen molar-refractivity contribution >= 4 is 17.0 Å². The maximum absolute atomic E-state index is 11.3. The minimum Gasteiger partial charge on any atom is -0.468 e. The number of imidazole rings is 1. The Labute approximate surface area is 120 Å². The minimum atomic E-state index is -0.724. The van der Waals surface area contributed by atoms with Gasteiger partial charge in [0, 0.05) is 12.1 Å². The quantitative estimate of drug-likeness (QED) is 0.786.